The molecule has 0 saturated carbocycles. The van der Waals surface area contributed by atoms with Gasteiger partial charge in [0.25, 0.3) is 0 Å². The SMILES string of the molecule is CCCS(=O)(=O)CCNc1ccc(OC(C)C)cc1. The van der Waals surface area contributed by atoms with Crippen molar-refractivity contribution in [1.29, 1.82) is 0 Å². The van der Waals surface area contributed by atoms with Gasteiger partial charge in [-0.15, -0.1) is 0 Å². The molecule has 0 bridgehead atoms. The number of rotatable bonds is 8. The molecule has 0 aliphatic rings. The van der Waals surface area contributed by atoms with Crippen LogP contribution < -0.4 is 10.1 Å². The molecule has 1 N–H and O–H groups in total. The zero-order valence-electron chi connectivity index (χ0n) is 11.8. The molecule has 0 aliphatic heterocycles. The molecule has 0 fully saturated rings. The quantitative estimate of drug-likeness (QED) is 0.798. The van der Waals surface area contributed by atoms with Crippen molar-refractivity contribution in [3.63, 3.8) is 0 Å². The predicted molar refractivity (Wildman–Crippen MR) is 79.6 cm³/mol. The van der Waals surface area contributed by atoms with Gasteiger partial charge in [0.05, 0.1) is 11.9 Å². The smallest absolute Gasteiger partial charge is 0.152 e. The van der Waals surface area contributed by atoms with Gasteiger partial charge in [-0.2, -0.15) is 0 Å². The molecule has 0 heterocycles. The van der Waals surface area contributed by atoms with Crippen molar-refractivity contribution in [2.45, 2.75) is 33.3 Å². The minimum atomic E-state index is -2.91. The topological polar surface area (TPSA) is 55.4 Å². The van der Waals surface area contributed by atoms with Gasteiger partial charge in [-0.3, -0.25) is 0 Å². The lowest BCUT2D eigenvalue weighted by Crippen LogP contribution is -2.18. The maximum absolute atomic E-state index is 11.5. The first-order valence-corrected chi connectivity index (χ1v) is 8.46. The highest BCUT2D eigenvalue weighted by atomic mass is 32.2. The van der Waals surface area contributed by atoms with Gasteiger partial charge in [-0.1, -0.05) is 6.92 Å². The van der Waals surface area contributed by atoms with Crippen LogP contribution in [0.1, 0.15) is 27.2 Å². The predicted octanol–water partition coefficient (Wildman–Crippen LogP) is 2.71. The molecule has 0 atom stereocenters. The van der Waals surface area contributed by atoms with Crippen LogP contribution >= 0.6 is 0 Å². The van der Waals surface area contributed by atoms with Crippen molar-refractivity contribution >= 4 is 15.5 Å². The van der Waals surface area contributed by atoms with Crippen LogP contribution in [0.4, 0.5) is 5.69 Å². The van der Waals surface area contributed by atoms with E-state index < -0.39 is 9.84 Å². The number of nitrogens with one attached hydrogen (secondary N) is 1. The Morgan fingerprint density at radius 1 is 1.16 bits per heavy atom. The lowest BCUT2D eigenvalue weighted by molar-refractivity contribution is 0.242. The second kappa shape index (κ2) is 7.38. The molecule has 0 amide bonds. The summed E-state index contributed by atoms with van der Waals surface area (Å²) in [6, 6.07) is 7.54. The molecule has 0 spiro atoms. The molecule has 5 heteroatoms. The zero-order chi connectivity index (χ0) is 14.3. The fourth-order valence-corrected chi connectivity index (χ4v) is 2.93. The average Bonchev–Trinajstić information content (AvgIpc) is 2.30. The number of hydrogen-bond acceptors (Lipinski definition) is 4. The largest absolute Gasteiger partial charge is 0.491 e. The van der Waals surface area contributed by atoms with Crippen LogP contribution in [0.25, 0.3) is 0 Å². The van der Waals surface area contributed by atoms with Crippen molar-refractivity contribution in [2.24, 2.45) is 0 Å². The molecule has 0 saturated heterocycles. The number of sulfone groups is 1. The van der Waals surface area contributed by atoms with E-state index in [0.717, 1.165) is 11.4 Å². The van der Waals surface area contributed by atoms with Gasteiger partial charge < -0.3 is 10.1 Å². The highest BCUT2D eigenvalue weighted by Gasteiger charge is 2.08. The van der Waals surface area contributed by atoms with E-state index in [1.807, 2.05) is 45.0 Å². The normalized spacial score (nSPS) is 11.6. The zero-order valence-corrected chi connectivity index (χ0v) is 12.7. The Morgan fingerprint density at radius 3 is 2.32 bits per heavy atom. The fraction of sp³-hybridized carbons (Fsp3) is 0.571. The van der Waals surface area contributed by atoms with Crippen LogP contribution in [-0.2, 0) is 9.84 Å². The molecule has 1 aromatic rings. The minimum Gasteiger partial charge on any atom is -0.491 e. The van der Waals surface area contributed by atoms with E-state index in [2.05, 4.69) is 5.32 Å². The van der Waals surface area contributed by atoms with Crippen LogP contribution in [0.3, 0.4) is 0 Å². The first-order valence-electron chi connectivity index (χ1n) is 6.64. The number of hydrogen-bond donors (Lipinski definition) is 1. The van der Waals surface area contributed by atoms with Gasteiger partial charge in [0.15, 0.2) is 9.84 Å². The number of benzene rings is 1. The minimum absolute atomic E-state index is 0.151. The summed E-state index contributed by atoms with van der Waals surface area (Å²) in [6.45, 7) is 6.26. The second-order valence-electron chi connectivity index (χ2n) is 4.77. The Bertz CT molecular complexity index is 466. The highest BCUT2D eigenvalue weighted by molar-refractivity contribution is 7.91. The first kappa shape index (κ1) is 15.8. The molecule has 0 unspecified atom stereocenters. The maximum atomic E-state index is 11.5. The fourth-order valence-electron chi connectivity index (χ4n) is 1.69. The highest BCUT2D eigenvalue weighted by Crippen LogP contribution is 2.16. The lowest BCUT2D eigenvalue weighted by Gasteiger charge is -2.11. The molecule has 4 nitrogen and oxygen atoms in total. The Morgan fingerprint density at radius 2 is 1.79 bits per heavy atom. The molecule has 108 valence electrons. The number of ether oxygens (including phenoxy) is 1. The van der Waals surface area contributed by atoms with Gasteiger partial charge >= 0.3 is 0 Å². The summed E-state index contributed by atoms with van der Waals surface area (Å²) < 4.78 is 28.6. The standard InChI is InChI=1S/C14H23NO3S/c1-4-10-19(16,17)11-9-15-13-5-7-14(8-6-13)18-12(2)3/h5-8,12,15H,4,9-11H2,1-3H3. The molecule has 0 radical (unpaired) electrons. The Balaban J connectivity index is 2.42. The van der Waals surface area contributed by atoms with Crippen molar-refractivity contribution in [1.82, 2.24) is 0 Å². The van der Waals surface area contributed by atoms with E-state index in [9.17, 15) is 8.42 Å². The van der Waals surface area contributed by atoms with Crippen molar-refractivity contribution in [2.75, 3.05) is 23.4 Å². The maximum Gasteiger partial charge on any atom is 0.152 e. The average molecular weight is 285 g/mol. The Labute approximate surface area is 116 Å². The third-order valence-electron chi connectivity index (χ3n) is 2.48. The summed E-state index contributed by atoms with van der Waals surface area (Å²) in [7, 11) is -2.91. The summed E-state index contributed by atoms with van der Waals surface area (Å²) in [4.78, 5) is 0. The summed E-state index contributed by atoms with van der Waals surface area (Å²) in [5.41, 5.74) is 0.905. The molecule has 0 aromatic heterocycles. The van der Waals surface area contributed by atoms with Crippen LogP contribution in [0, 0.1) is 0 Å². The van der Waals surface area contributed by atoms with E-state index in [4.69, 9.17) is 4.74 Å². The molecular weight excluding hydrogens is 262 g/mol. The third kappa shape index (κ3) is 6.47. The molecule has 1 aromatic carbocycles. The molecule has 19 heavy (non-hydrogen) atoms. The van der Waals surface area contributed by atoms with Gasteiger partial charge in [0.1, 0.15) is 5.75 Å². The van der Waals surface area contributed by atoms with Crippen LogP contribution in [0.5, 0.6) is 5.75 Å². The summed E-state index contributed by atoms with van der Waals surface area (Å²) in [5, 5.41) is 3.10. The lowest BCUT2D eigenvalue weighted by atomic mass is 10.3. The number of anilines is 1. The summed E-state index contributed by atoms with van der Waals surface area (Å²) >= 11 is 0. The van der Waals surface area contributed by atoms with E-state index in [1.54, 1.807) is 0 Å². The first-order chi connectivity index (χ1) is 8.93. The van der Waals surface area contributed by atoms with E-state index in [0.29, 0.717) is 13.0 Å². The van der Waals surface area contributed by atoms with Gasteiger partial charge in [-0.25, -0.2) is 8.42 Å². The summed E-state index contributed by atoms with van der Waals surface area (Å²) in [6.07, 6.45) is 0.821. The molecular formula is C14H23NO3S. The van der Waals surface area contributed by atoms with Crippen LogP contribution in [0.15, 0.2) is 24.3 Å². The van der Waals surface area contributed by atoms with E-state index in [1.165, 1.54) is 0 Å². The Kier molecular flexibility index (Phi) is 6.15. The van der Waals surface area contributed by atoms with E-state index in [-0.39, 0.29) is 17.6 Å². The van der Waals surface area contributed by atoms with Crippen LogP contribution in [-0.4, -0.2) is 32.6 Å². The molecule has 1 rings (SSSR count). The monoisotopic (exact) mass is 285 g/mol. The van der Waals surface area contributed by atoms with Crippen molar-refractivity contribution in [3.05, 3.63) is 24.3 Å². The Hall–Kier alpha value is -1.23. The van der Waals surface area contributed by atoms with Crippen molar-refractivity contribution < 1.29 is 13.2 Å². The van der Waals surface area contributed by atoms with Crippen molar-refractivity contribution in [3.8, 4) is 5.75 Å². The van der Waals surface area contributed by atoms with Gasteiger partial charge in [0.2, 0.25) is 0 Å². The summed E-state index contributed by atoms with van der Waals surface area (Å²) in [5.74, 6) is 1.25. The van der Waals surface area contributed by atoms with E-state index >= 15 is 0 Å². The van der Waals surface area contributed by atoms with Gasteiger partial charge in [-0.05, 0) is 44.5 Å². The second-order valence-corrected chi connectivity index (χ2v) is 7.07. The van der Waals surface area contributed by atoms with Crippen LogP contribution in [0.2, 0.25) is 0 Å². The van der Waals surface area contributed by atoms with Gasteiger partial charge in [0, 0.05) is 18.0 Å². The third-order valence-corrected chi connectivity index (χ3v) is 4.34. The molecule has 0 aliphatic carbocycles.